The molecule has 3 heterocycles. The summed E-state index contributed by atoms with van der Waals surface area (Å²) in [6, 6.07) is 12.9. The van der Waals surface area contributed by atoms with E-state index in [4.69, 9.17) is 9.15 Å². The number of aryl methyl sites for hydroxylation is 1. The number of carbonyl (C=O) groups excluding carboxylic acids is 1. The van der Waals surface area contributed by atoms with Crippen LogP contribution >= 0.6 is 11.8 Å². The predicted octanol–water partition coefficient (Wildman–Crippen LogP) is 3.09. The maximum atomic E-state index is 13.0. The summed E-state index contributed by atoms with van der Waals surface area (Å²) in [4.78, 5) is 33.1. The van der Waals surface area contributed by atoms with Crippen molar-refractivity contribution in [3.63, 3.8) is 0 Å². The highest BCUT2D eigenvalue weighted by Gasteiger charge is 2.16. The smallest absolute Gasteiger partial charge is 0.278 e. The first-order valence-electron chi connectivity index (χ1n) is 9.68. The van der Waals surface area contributed by atoms with E-state index >= 15 is 0 Å². The Morgan fingerprint density at radius 1 is 1.29 bits per heavy atom. The van der Waals surface area contributed by atoms with Gasteiger partial charge in [-0.1, -0.05) is 23.9 Å². The van der Waals surface area contributed by atoms with Gasteiger partial charge in [0.1, 0.15) is 17.0 Å². The van der Waals surface area contributed by atoms with E-state index in [0.717, 1.165) is 17.0 Å². The normalized spacial score (nSPS) is 11.0. The molecule has 3 aromatic heterocycles. The summed E-state index contributed by atoms with van der Waals surface area (Å²) in [5.41, 5.74) is 2.61. The van der Waals surface area contributed by atoms with Crippen molar-refractivity contribution in [3.8, 4) is 5.75 Å². The van der Waals surface area contributed by atoms with Gasteiger partial charge in [-0.3, -0.25) is 14.2 Å². The molecule has 2 N–H and O–H groups in total. The minimum absolute atomic E-state index is 0.128. The summed E-state index contributed by atoms with van der Waals surface area (Å²) in [5, 5.41) is 3.35. The van der Waals surface area contributed by atoms with E-state index in [-0.39, 0.29) is 23.8 Å². The van der Waals surface area contributed by atoms with Crippen molar-refractivity contribution in [2.45, 2.75) is 25.2 Å². The van der Waals surface area contributed by atoms with Crippen LogP contribution in [-0.4, -0.2) is 33.3 Å². The van der Waals surface area contributed by atoms with Gasteiger partial charge in [-0.2, -0.15) is 0 Å². The third kappa shape index (κ3) is 4.83. The monoisotopic (exact) mass is 438 g/mol. The molecule has 160 valence electrons. The van der Waals surface area contributed by atoms with Crippen molar-refractivity contribution in [1.82, 2.24) is 19.9 Å². The quantitative estimate of drug-likeness (QED) is 0.324. The molecule has 1 aromatic carbocycles. The van der Waals surface area contributed by atoms with Crippen molar-refractivity contribution >= 4 is 28.7 Å². The zero-order chi connectivity index (χ0) is 21.8. The fraction of sp³-hybridized carbons (Fsp3) is 0.227. The van der Waals surface area contributed by atoms with E-state index in [1.54, 1.807) is 25.5 Å². The molecular formula is C22H22N4O4S. The molecule has 0 spiro atoms. The highest BCUT2D eigenvalue weighted by atomic mass is 32.2. The molecule has 0 saturated heterocycles. The second kappa shape index (κ2) is 9.13. The van der Waals surface area contributed by atoms with Gasteiger partial charge in [0.05, 0.1) is 31.2 Å². The van der Waals surface area contributed by atoms with E-state index in [1.165, 1.54) is 16.3 Å². The van der Waals surface area contributed by atoms with Crippen molar-refractivity contribution in [3.05, 3.63) is 76.1 Å². The number of aromatic nitrogens is 3. The summed E-state index contributed by atoms with van der Waals surface area (Å²) < 4.78 is 12.1. The van der Waals surface area contributed by atoms with Crippen LogP contribution in [0.3, 0.4) is 0 Å². The van der Waals surface area contributed by atoms with Gasteiger partial charge in [0.2, 0.25) is 5.91 Å². The molecule has 0 aliphatic heterocycles. The molecule has 0 bridgehead atoms. The number of amides is 1. The SMILES string of the molecule is COc1cccc(CNC(=O)CSc2nc3cc(C)[nH]c3c(=O)n2Cc2ccco2)c1. The first kappa shape index (κ1) is 20.8. The van der Waals surface area contributed by atoms with Crippen molar-refractivity contribution < 1.29 is 13.9 Å². The molecule has 0 fully saturated rings. The standard InChI is InChI=1S/C22H22N4O4S/c1-14-9-18-20(24-14)21(28)26(12-17-7-4-8-30-17)22(25-18)31-13-19(27)23-11-15-5-3-6-16(10-15)29-2/h3-10,24H,11-13H2,1-2H3,(H,23,27). The number of rotatable bonds is 8. The van der Waals surface area contributed by atoms with Crippen LogP contribution in [0.1, 0.15) is 17.0 Å². The maximum Gasteiger partial charge on any atom is 0.278 e. The number of fused-ring (bicyclic) bond motifs is 1. The predicted molar refractivity (Wildman–Crippen MR) is 118 cm³/mol. The summed E-state index contributed by atoms with van der Waals surface area (Å²) in [5.74, 6) is 1.35. The van der Waals surface area contributed by atoms with Gasteiger partial charge >= 0.3 is 0 Å². The van der Waals surface area contributed by atoms with Gasteiger partial charge in [-0.25, -0.2) is 4.98 Å². The number of hydrogen-bond donors (Lipinski definition) is 2. The second-order valence-corrected chi connectivity index (χ2v) is 7.94. The Morgan fingerprint density at radius 2 is 2.16 bits per heavy atom. The number of furan rings is 1. The molecule has 0 radical (unpaired) electrons. The van der Waals surface area contributed by atoms with Crippen molar-refractivity contribution in [1.29, 1.82) is 0 Å². The van der Waals surface area contributed by atoms with Gasteiger partial charge in [0.25, 0.3) is 5.56 Å². The number of aromatic amines is 1. The molecule has 0 atom stereocenters. The first-order valence-corrected chi connectivity index (χ1v) is 10.7. The van der Waals surface area contributed by atoms with Crippen LogP contribution in [0.5, 0.6) is 5.75 Å². The Balaban J connectivity index is 1.50. The molecule has 0 aliphatic rings. The average Bonchev–Trinajstić information content (AvgIpc) is 3.42. The number of benzene rings is 1. The zero-order valence-electron chi connectivity index (χ0n) is 17.2. The molecule has 4 rings (SSSR count). The Hall–Kier alpha value is -3.46. The van der Waals surface area contributed by atoms with Gasteiger partial charge in [0.15, 0.2) is 5.16 Å². The molecule has 9 heteroatoms. The number of hydrogen-bond acceptors (Lipinski definition) is 6. The molecule has 4 aromatic rings. The highest BCUT2D eigenvalue weighted by Crippen LogP contribution is 2.20. The number of H-pyrrole nitrogens is 1. The van der Waals surface area contributed by atoms with Crippen LogP contribution in [0, 0.1) is 6.92 Å². The van der Waals surface area contributed by atoms with Gasteiger partial charge in [0, 0.05) is 12.2 Å². The third-order valence-electron chi connectivity index (χ3n) is 4.69. The van der Waals surface area contributed by atoms with Crippen LogP contribution in [0.4, 0.5) is 0 Å². The summed E-state index contributed by atoms with van der Waals surface area (Å²) in [6.45, 7) is 2.50. The summed E-state index contributed by atoms with van der Waals surface area (Å²) in [7, 11) is 1.60. The van der Waals surface area contributed by atoms with Crippen LogP contribution in [-0.2, 0) is 17.9 Å². The minimum Gasteiger partial charge on any atom is -0.497 e. The average molecular weight is 439 g/mol. The van der Waals surface area contributed by atoms with Crippen LogP contribution in [0.2, 0.25) is 0 Å². The lowest BCUT2D eigenvalue weighted by atomic mass is 10.2. The van der Waals surface area contributed by atoms with E-state index in [9.17, 15) is 9.59 Å². The minimum atomic E-state index is -0.200. The number of methoxy groups -OCH3 is 1. The second-order valence-electron chi connectivity index (χ2n) is 6.99. The molecule has 0 aliphatic carbocycles. The lowest BCUT2D eigenvalue weighted by molar-refractivity contribution is -0.118. The molecule has 8 nitrogen and oxygen atoms in total. The lowest BCUT2D eigenvalue weighted by Crippen LogP contribution is -2.27. The summed E-state index contributed by atoms with van der Waals surface area (Å²) >= 11 is 1.22. The van der Waals surface area contributed by atoms with Crippen LogP contribution in [0.25, 0.3) is 11.0 Å². The number of ether oxygens (including phenoxy) is 1. The van der Waals surface area contributed by atoms with E-state index in [0.29, 0.717) is 28.5 Å². The fourth-order valence-electron chi connectivity index (χ4n) is 3.18. The third-order valence-corrected chi connectivity index (χ3v) is 5.66. The first-order chi connectivity index (χ1) is 15.0. The number of thioether (sulfide) groups is 1. The van der Waals surface area contributed by atoms with Crippen LogP contribution in [0.15, 0.2) is 63.1 Å². The topological polar surface area (TPSA) is 102 Å². The molecule has 0 saturated carbocycles. The van der Waals surface area contributed by atoms with E-state index < -0.39 is 0 Å². The maximum absolute atomic E-state index is 13.0. The molecule has 31 heavy (non-hydrogen) atoms. The van der Waals surface area contributed by atoms with Crippen molar-refractivity contribution in [2.24, 2.45) is 0 Å². The Morgan fingerprint density at radius 3 is 2.94 bits per heavy atom. The van der Waals surface area contributed by atoms with Gasteiger partial charge in [-0.15, -0.1) is 0 Å². The summed E-state index contributed by atoms with van der Waals surface area (Å²) in [6.07, 6.45) is 1.56. The Labute approximate surface area is 182 Å². The Kier molecular flexibility index (Phi) is 6.13. The fourth-order valence-corrected chi connectivity index (χ4v) is 4.01. The van der Waals surface area contributed by atoms with Gasteiger partial charge in [-0.05, 0) is 42.8 Å². The number of carbonyl (C=O) groups is 1. The molecule has 1 amide bonds. The molecule has 0 unspecified atom stereocenters. The zero-order valence-corrected chi connectivity index (χ0v) is 18.0. The van der Waals surface area contributed by atoms with E-state index in [1.807, 2.05) is 37.3 Å². The number of nitrogens with one attached hydrogen (secondary N) is 2. The number of nitrogens with zero attached hydrogens (tertiary/aromatic N) is 2. The van der Waals surface area contributed by atoms with E-state index in [2.05, 4.69) is 15.3 Å². The van der Waals surface area contributed by atoms with Crippen LogP contribution < -0.4 is 15.6 Å². The largest absolute Gasteiger partial charge is 0.497 e. The molecular weight excluding hydrogens is 416 g/mol. The highest BCUT2D eigenvalue weighted by molar-refractivity contribution is 7.99. The lowest BCUT2D eigenvalue weighted by Gasteiger charge is -2.11. The Bertz CT molecular complexity index is 1260. The van der Waals surface area contributed by atoms with Crippen molar-refractivity contribution in [2.75, 3.05) is 12.9 Å². The van der Waals surface area contributed by atoms with Gasteiger partial charge < -0.3 is 19.5 Å².